The molecule has 208 valence electrons. The number of carbonyl (C=O) groups is 1. The molecule has 3 aromatic rings. The zero-order valence-electron chi connectivity index (χ0n) is 22.3. The molecule has 0 bridgehead atoms. The maximum atomic E-state index is 12.8. The van der Waals surface area contributed by atoms with Gasteiger partial charge in [-0.15, -0.1) is 0 Å². The van der Waals surface area contributed by atoms with Crippen LogP contribution in [0.5, 0.6) is 0 Å². The lowest BCUT2D eigenvalue weighted by Gasteiger charge is -2.30. The summed E-state index contributed by atoms with van der Waals surface area (Å²) in [5, 5.41) is 2.84. The van der Waals surface area contributed by atoms with E-state index in [0.717, 1.165) is 16.7 Å². The van der Waals surface area contributed by atoms with E-state index in [1.807, 2.05) is 50.2 Å². The number of anilines is 2. The fourth-order valence-corrected chi connectivity index (χ4v) is 7.19. The Balaban J connectivity index is 1.26. The predicted molar refractivity (Wildman–Crippen MR) is 155 cm³/mol. The van der Waals surface area contributed by atoms with Gasteiger partial charge in [-0.05, 0) is 92.6 Å². The molecular weight excluding hydrogens is 534 g/mol. The standard InChI is InChI=1S/C29H35N3O5S2/c1-22-10-11-27(21-23(22)2)31-39(36,37)28-14-12-26(13-15-28)30-29(33)25-16-18-32(19-17-25)38(34,35)20-6-9-24-7-4-3-5-8-24/h3-5,7-8,10-15,21,25,31H,6,9,16-20H2,1-2H3,(H,30,33). The third-order valence-corrected chi connectivity index (χ3v) is 10.5. The number of benzene rings is 3. The number of aryl methyl sites for hydroxylation is 3. The van der Waals surface area contributed by atoms with E-state index in [9.17, 15) is 21.6 Å². The van der Waals surface area contributed by atoms with E-state index in [1.54, 1.807) is 24.3 Å². The smallest absolute Gasteiger partial charge is 0.261 e. The summed E-state index contributed by atoms with van der Waals surface area (Å²) in [5.74, 6) is -0.414. The number of hydrogen-bond donors (Lipinski definition) is 2. The summed E-state index contributed by atoms with van der Waals surface area (Å²) in [7, 11) is -7.15. The number of piperidine rings is 1. The molecule has 0 aliphatic carbocycles. The van der Waals surface area contributed by atoms with Crippen LogP contribution in [0.15, 0.2) is 77.7 Å². The molecule has 8 nitrogen and oxygen atoms in total. The Hall–Kier alpha value is -3.21. The topological polar surface area (TPSA) is 113 Å². The number of sulfonamides is 2. The Morgan fingerprint density at radius 2 is 1.49 bits per heavy atom. The summed E-state index contributed by atoms with van der Waals surface area (Å²) in [6, 6.07) is 21.2. The molecule has 1 heterocycles. The second kappa shape index (κ2) is 12.3. The molecule has 0 unspecified atom stereocenters. The van der Waals surface area contributed by atoms with E-state index in [0.29, 0.717) is 50.1 Å². The second-order valence-electron chi connectivity index (χ2n) is 10.00. The van der Waals surface area contributed by atoms with Crippen molar-refractivity contribution < 1.29 is 21.6 Å². The summed E-state index contributed by atoms with van der Waals surface area (Å²) >= 11 is 0. The van der Waals surface area contributed by atoms with Crippen molar-refractivity contribution in [3.63, 3.8) is 0 Å². The van der Waals surface area contributed by atoms with Crippen molar-refractivity contribution in [1.29, 1.82) is 0 Å². The molecule has 1 fully saturated rings. The monoisotopic (exact) mass is 569 g/mol. The lowest BCUT2D eigenvalue weighted by atomic mass is 9.97. The summed E-state index contributed by atoms with van der Waals surface area (Å²) in [5.41, 5.74) is 4.15. The minimum atomic E-state index is -3.78. The van der Waals surface area contributed by atoms with Gasteiger partial charge >= 0.3 is 0 Å². The molecule has 4 rings (SSSR count). The fraction of sp³-hybridized carbons (Fsp3) is 0.345. The predicted octanol–water partition coefficient (Wildman–Crippen LogP) is 4.72. The van der Waals surface area contributed by atoms with Crippen molar-refractivity contribution in [3.05, 3.63) is 89.5 Å². The molecule has 0 saturated carbocycles. The van der Waals surface area contributed by atoms with Crippen molar-refractivity contribution in [2.24, 2.45) is 5.92 Å². The van der Waals surface area contributed by atoms with E-state index in [2.05, 4.69) is 10.0 Å². The highest BCUT2D eigenvalue weighted by atomic mass is 32.2. The van der Waals surface area contributed by atoms with E-state index in [4.69, 9.17) is 0 Å². The van der Waals surface area contributed by atoms with Crippen LogP contribution in [0.2, 0.25) is 0 Å². The molecule has 10 heteroatoms. The number of rotatable bonds is 10. The summed E-state index contributed by atoms with van der Waals surface area (Å²) in [6.45, 7) is 4.50. The second-order valence-corrected chi connectivity index (χ2v) is 13.8. The molecule has 1 amide bonds. The van der Waals surface area contributed by atoms with Crippen LogP contribution in [0.3, 0.4) is 0 Å². The Bertz CT molecular complexity index is 1500. The van der Waals surface area contributed by atoms with Crippen LogP contribution in [0.4, 0.5) is 11.4 Å². The van der Waals surface area contributed by atoms with Crippen molar-refractivity contribution in [1.82, 2.24) is 4.31 Å². The van der Waals surface area contributed by atoms with Crippen LogP contribution < -0.4 is 10.0 Å². The average molecular weight is 570 g/mol. The van der Waals surface area contributed by atoms with Crippen molar-refractivity contribution in [3.8, 4) is 0 Å². The molecule has 2 N–H and O–H groups in total. The molecule has 1 saturated heterocycles. The van der Waals surface area contributed by atoms with Crippen LogP contribution in [-0.4, -0.2) is 45.9 Å². The van der Waals surface area contributed by atoms with Gasteiger partial charge < -0.3 is 5.32 Å². The van der Waals surface area contributed by atoms with Gasteiger partial charge in [0.2, 0.25) is 15.9 Å². The first-order valence-electron chi connectivity index (χ1n) is 13.1. The number of nitrogens with zero attached hydrogens (tertiary/aromatic N) is 1. The van der Waals surface area contributed by atoms with Gasteiger partial charge in [0.05, 0.1) is 10.6 Å². The summed E-state index contributed by atoms with van der Waals surface area (Å²) < 4.78 is 55.2. The van der Waals surface area contributed by atoms with Crippen molar-refractivity contribution >= 4 is 37.3 Å². The van der Waals surface area contributed by atoms with Crippen LogP contribution in [-0.2, 0) is 31.3 Å². The third kappa shape index (κ3) is 7.68. The van der Waals surface area contributed by atoms with Gasteiger partial charge in [0.1, 0.15) is 0 Å². The Morgan fingerprint density at radius 3 is 2.13 bits per heavy atom. The number of hydrogen-bond acceptors (Lipinski definition) is 5. The minimum absolute atomic E-state index is 0.0875. The van der Waals surface area contributed by atoms with Crippen LogP contribution >= 0.6 is 0 Å². The number of nitrogens with one attached hydrogen (secondary N) is 2. The molecule has 39 heavy (non-hydrogen) atoms. The van der Waals surface area contributed by atoms with Gasteiger partial charge in [-0.2, -0.15) is 0 Å². The van der Waals surface area contributed by atoms with E-state index < -0.39 is 20.0 Å². The fourth-order valence-electron chi connectivity index (χ4n) is 4.61. The first kappa shape index (κ1) is 28.8. The largest absolute Gasteiger partial charge is 0.326 e. The van der Waals surface area contributed by atoms with Gasteiger partial charge in [-0.3, -0.25) is 9.52 Å². The van der Waals surface area contributed by atoms with Gasteiger partial charge in [0.25, 0.3) is 10.0 Å². The highest BCUT2D eigenvalue weighted by Crippen LogP contribution is 2.24. The number of carbonyl (C=O) groups excluding carboxylic acids is 1. The Labute approximate surface area is 231 Å². The zero-order valence-corrected chi connectivity index (χ0v) is 23.9. The Kier molecular flexibility index (Phi) is 9.09. The normalized spacial score (nSPS) is 15.1. The van der Waals surface area contributed by atoms with Crippen LogP contribution in [0, 0.1) is 19.8 Å². The average Bonchev–Trinajstić information content (AvgIpc) is 2.91. The van der Waals surface area contributed by atoms with Gasteiger partial charge in [-0.1, -0.05) is 36.4 Å². The quantitative estimate of drug-likeness (QED) is 0.367. The SMILES string of the molecule is Cc1ccc(NS(=O)(=O)c2ccc(NC(=O)C3CCN(S(=O)(=O)CCCc4ccccc4)CC3)cc2)cc1C. The molecule has 1 aliphatic heterocycles. The number of amides is 1. The molecule has 1 aliphatic rings. The Morgan fingerprint density at radius 1 is 0.846 bits per heavy atom. The maximum absolute atomic E-state index is 12.8. The zero-order chi connectivity index (χ0) is 28.0. The summed E-state index contributed by atoms with van der Waals surface area (Å²) in [6.07, 6.45) is 2.14. The van der Waals surface area contributed by atoms with Crippen LogP contribution in [0.25, 0.3) is 0 Å². The first-order valence-corrected chi connectivity index (χ1v) is 16.2. The molecular formula is C29H35N3O5S2. The third-order valence-electron chi connectivity index (χ3n) is 7.12. The molecule has 0 atom stereocenters. The van der Waals surface area contributed by atoms with E-state index in [1.165, 1.54) is 16.4 Å². The van der Waals surface area contributed by atoms with Crippen LogP contribution in [0.1, 0.15) is 36.0 Å². The van der Waals surface area contributed by atoms with Crippen molar-refractivity contribution in [2.45, 2.75) is 44.4 Å². The lowest BCUT2D eigenvalue weighted by Crippen LogP contribution is -2.42. The molecule has 3 aromatic carbocycles. The minimum Gasteiger partial charge on any atom is -0.326 e. The maximum Gasteiger partial charge on any atom is 0.261 e. The summed E-state index contributed by atoms with van der Waals surface area (Å²) in [4.78, 5) is 12.9. The van der Waals surface area contributed by atoms with E-state index >= 15 is 0 Å². The first-order chi connectivity index (χ1) is 18.5. The van der Waals surface area contributed by atoms with Gasteiger partial charge in [0.15, 0.2) is 0 Å². The molecule has 0 spiro atoms. The van der Waals surface area contributed by atoms with Gasteiger partial charge in [-0.25, -0.2) is 21.1 Å². The van der Waals surface area contributed by atoms with Crippen molar-refractivity contribution in [2.75, 3.05) is 28.9 Å². The van der Waals surface area contributed by atoms with Gasteiger partial charge in [0, 0.05) is 30.4 Å². The lowest BCUT2D eigenvalue weighted by molar-refractivity contribution is -0.120. The highest BCUT2D eigenvalue weighted by molar-refractivity contribution is 7.92. The molecule has 0 aromatic heterocycles. The molecule has 0 radical (unpaired) electrons. The van der Waals surface area contributed by atoms with E-state index in [-0.39, 0.29) is 22.5 Å². The highest BCUT2D eigenvalue weighted by Gasteiger charge is 2.31.